The van der Waals surface area contributed by atoms with Crippen LogP contribution < -0.4 is 5.73 Å². The summed E-state index contributed by atoms with van der Waals surface area (Å²) in [6, 6.07) is 7.40. The lowest BCUT2D eigenvalue weighted by atomic mass is 9.73. The van der Waals surface area contributed by atoms with Crippen LogP contribution in [0, 0.1) is 0 Å². The normalized spacial score (nSPS) is 23.7. The molecule has 130 valence electrons. The van der Waals surface area contributed by atoms with Gasteiger partial charge in [0.25, 0.3) is 0 Å². The Bertz CT molecular complexity index is 614. The van der Waals surface area contributed by atoms with Gasteiger partial charge in [-0.2, -0.15) is 0 Å². The van der Waals surface area contributed by atoms with Crippen molar-refractivity contribution >= 4 is 23.4 Å². The summed E-state index contributed by atoms with van der Waals surface area (Å²) in [6.45, 7) is 2.02. The number of benzene rings is 1. The number of hydrogen-bond donors (Lipinski definition) is 1. The Balaban J connectivity index is 1.89. The first-order valence-corrected chi connectivity index (χ1v) is 8.45. The maximum atomic E-state index is 13.4. The molecule has 1 unspecified atom stereocenters. The van der Waals surface area contributed by atoms with Crippen LogP contribution >= 0.6 is 11.6 Å². The minimum absolute atomic E-state index is 0.00247. The number of carbonyl (C=O) groups excluding carboxylic acids is 2. The Morgan fingerprint density at radius 1 is 1.17 bits per heavy atom. The highest BCUT2D eigenvalue weighted by Crippen LogP contribution is 2.37. The number of hydrogen-bond acceptors (Lipinski definition) is 4. The van der Waals surface area contributed by atoms with E-state index in [1.165, 1.54) is 0 Å². The molecule has 2 fully saturated rings. The molecule has 2 N–H and O–H groups in total. The lowest BCUT2D eigenvalue weighted by Gasteiger charge is -2.42. The molecule has 0 aliphatic carbocycles. The number of rotatable bonds is 3. The molecular weight excluding hydrogens is 332 g/mol. The van der Waals surface area contributed by atoms with Gasteiger partial charge in [-0.25, -0.2) is 0 Å². The Hall–Kier alpha value is -1.63. The van der Waals surface area contributed by atoms with E-state index in [0.717, 1.165) is 5.56 Å². The second-order valence-corrected chi connectivity index (χ2v) is 6.65. The van der Waals surface area contributed by atoms with Gasteiger partial charge in [0.1, 0.15) is 0 Å². The number of primary amides is 1. The van der Waals surface area contributed by atoms with Gasteiger partial charge in [0.05, 0.1) is 18.6 Å². The lowest BCUT2D eigenvalue weighted by molar-refractivity contribution is -0.152. The average molecular weight is 353 g/mol. The van der Waals surface area contributed by atoms with Crippen LogP contribution in [0.15, 0.2) is 24.3 Å². The first-order chi connectivity index (χ1) is 11.5. The Morgan fingerprint density at radius 3 is 2.46 bits per heavy atom. The van der Waals surface area contributed by atoms with E-state index >= 15 is 0 Å². The van der Waals surface area contributed by atoms with E-state index in [-0.39, 0.29) is 12.5 Å². The van der Waals surface area contributed by atoms with Gasteiger partial charge < -0.3 is 20.1 Å². The first-order valence-electron chi connectivity index (χ1n) is 8.07. The van der Waals surface area contributed by atoms with Crippen LogP contribution in [0.4, 0.5) is 0 Å². The zero-order chi connectivity index (χ0) is 17.2. The highest BCUT2D eigenvalue weighted by molar-refractivity contribution is 6.30. The molecular formula is C17H21ClN2O4. The molecule has 3 rings (SSSR count). The molecule has 0 saturated carbocycles. The van der Waals surface area contributed by atoms with E-state index in [1.54, 1.807) is 17.0 Å². The summed E-state index contributed by atoms with van der Waals surface area (Å²) in [5.74, 6) is -0.539. The predicted molar refractivity (Wildman–Crippen MR) is 88.7 cm³/mol. The average Bonchev–Trinajstić information content (AvgIpc) is 2.62. The molecule has 1 aromatic carbocycles. The minimum atomic E-state index is -0.746. The monoisotopic (exact) mass is 352 g/mol. The van der Waals surface area contributed by atoms with Gasteiger partial charge in [-0.1, -0.05) is 23.7 Å². The molecule has 7 heteroatoms. The number of amides is 2. The van der Waals surface area contributed by atoms with Gasteiger partial charge in [0.15, 0.2) is 6.10 Å². The predicted octanol–water partition coefficient (Wildman–Crippen LogP) is 1.10. The van der Waals surface area contributed by atoms with Gasteiger partial charge in [-0.05, 0) is 30.5 Å². The fourth-order valence-electron chi connectivity index (χ4n) is 3.42. The van der Waals surface area contributed by atoms with Crippen molar-refractivity contribution in [2.45, 2.75) is 24.4 Å². The number of nitrogens with zero attached hydrogens (tertiary/aromatic N) is 1. The van der Waals surface area contributed by atoms with E-state index in [9.17, 15) is 9.59 Å². The van der Waals surface area contributed by atoms with Crippen molar-refractivity contribution < 1.29 is 19.1 Å². The first kappa shape index (κ1) is 17.2. The van der Waals surface area contributed by atoms with Crippen molar-refractivity contribution in [2.75, 3.05) is 32.9 Å². The number of nitrogens with two attached hydrogens (primary N) is 1. The Labute approximate surface area is 145 Å². The summed E-state index contributed by atoms with van der Waals surface area (Å²) in [6.07, 6.45) is 0.461. The molecule has 0 spiro atoms. The summed E-state index contributed by atoms with van der Waals surface area (Å²) in [4.78, 5) is 26.5. The molecule has 2 amide bonds. The van der Waals surface area contributed by atoms with Gasteiger partial charge in [-0.15, -0.1) is 0 Å². The quantitative estimate of drug-likeness (QED) is 0.883. The molecule has 0 radical (unpaired) electrons. The van der Waals surface area contributed by atoms with E-state index in [0.29, 0.717) is 44.2 Å². The molecule has 2 aliphatic heterocycles. The van der Waals surface area contributed by atoms with E-state index in [1.807, 2.05) is 12.1 Å². The fraction of sp³-hybridized carbons (Fsp3) is 0.529. The smallest absolute Gasteiger partial charge is 0.248 e. The summed E-state index contributed by atoms with van der Waals surface area (Å²) < 4.78 is 10.8. The third kappa shape index (κ3) is 3.27. The van der Waals surface area contributed by atoms with Crippen LogP contribution in [0.1, 0.15) is 18.4 Å². The Morgan fingerprint density at radius 2 is 1.83 bits per heavy atom. The summed E-state index contributed by atoms with van der Waals surface area (Å²) in [7, 11) is 0. The summed E-state index contributed by atoms with van der Waals surface area (Å²) in [5, 5.41) is 0.633. The number of carbonyl (C=O) groups is 2. The summed E-state index contributed by atoms with van der Waals surface area (Å²) >= 11 is 5.99. The molecule has 1 aromatic rings. The number of halogens is 1. The zero-order valence-electron chi connectivity index (χ0n) is 13.4. The second kappa shape index (κ2) is 7.09. The molecule has 0 bridgehead atoms. The van der Waals surface area contributed by atoms with Crippen LogP contribution in [0.2, 0.25) is 5.02 Å². The highest BCUT2D eigenvalue weighted by Gasteiger charge is 2.45. The van der Waals surface area contributed by atoms with E-state index < -0.39 is 17.4 Å². The molecule has 1 atom stereocenters. The lowest BCUT2D eigenvalue weighted by Crippen LogP contribution is -2.56. The highest BCUT2D eigenvalue weighted by atomic mass is 35.5. The van der Waals surface area contributed by atoms with Crippen LogP contribution in [0.25, 0.3) is 0 Å². The molecule has 24 heavy (non-hydrogen) atoms. The van der Waals surface area contributed by atoms with Gasteiger partial charge in [-0.3, -0.25) is 9.59 Å². The maximum Gasteiger partial charge on any atom is 0.248 e. The van der Waals surface area contributed by atoms with Crippen LogP contribution in [0.5, 0.6) is 0 Å². The van der Waals surface area contributed by atoms with Crippen molar-refractivity contribution in [3.63, 3.8) is 0 Å². The summed E-state index contributed by atoms with van der Waals surface area (Å²) in [5.41, 5.74) is 5.61. The van der Waals surface area contributed by atoms with Crippen molar-refractivity contribution in [2.24, 2.45) is 5.73 Å². The maximum absolute atomic E-state index is 13.4. The number of morpholine rings is 1. The van der Waals surface area contributed by atoms with E-state index in [4.69, 9.17) is 26.8 Å². The van der Waals surface area contributed by atoms with Gasteiger partial charge >= 0.3 is 0 Å². The molecule has 0 aromatic heterocycles. The van der Waals surface area contributed by atoms with Crippen molar-refractivity contribution in [1.29, 1.82) is 0 Å². The van der Waals surface area contributed by atoms with Crippen LogP contribution in [-0.2, 0) is 24.5 Å². The molecule has 2 heterocycles. The van der Waals surface area contributed by atoms with Gasteiger partial charge in [0.2, 0.25) is 11.8 Å². The molecule has 2 aliphatic rings. The molecule has 2 saturated heterocycles. The fourth-order valence-corrected chi connectivity index (χ4v) is 3.55. The largest absolute Gasteiger partial charge is 0.381 e. The van der Waals surface area contributed by atoms with Gasteiger partial charge in [0, 0.05) is 24.8 Å². The van der Waals surface area contributed by atoms with Crippen LogP contribution in [-0.4, -0.2) is 55.7 Å². The van der Waals surface area contributed by atoms with E-state index in [2.05, 4.69) is 0 Å². The third-order valence-corrected chi connectivity index (χ3v) is 5.08. The zero-order valence-corrected chi connectivity index (χ0v) is 14.1. The van der Waals surface area contributed by atoms with Crippen molar-refractivity contribution in [3.05, 3.63) is 34.9 Å². The second-order valence-electron chi connectivity index (χ2n) is 6.21. The minimum Gasteiger partial charge on any atom is -0.381 e. The Kier molecular flexibility index (Phi) is 5.08. The van der Waals surface area contributed by atoms with Crippen molar-refractivity contribution in [1.82, 2.24) is 4.90 Å². The SMILES string of the molecule is NC(=O)C1CN(C(=O)C2(c3ccc(Cl)cc3)CCOCC2)CCO1. The standard InChI is InChI=1S/C17H21ClN2O4/c18-13-3-1-12(2-4-13)17(5-8-23-9-6-17)16(22)20-7-10-24-14(11-20)15(19)21/h1-4,14H,5-11H2,(H2,19,21). The number of ether oxygens (including phenoxy) is 2. The van der Waals surface area contributed by atoms with Crippen molar-refractivity contribution in [3.8, 4) is 0 Å². The topological polar surface area (TPSA) is 81.9 Å². The third-order valence-electron chi connectivity index (χ3n) is 4.82. The van der Waals surface area contributed by atoms with Crippen LogP contribution in [0.3, 0.4) is 0 Å². The molecule has 6 nitrogen and oxygen atoms in total.